The fourth-order valence-electron chi connectivity index (χ4n) is 1.82. The molecule has 0 N–H and O–H groups in total. The Kier molecular flexibility index (Phi) is 9.81. The standard InChI is InChI=1S/C17H20O2.C4H10/c1-14(2)18-12-13-19-17-10-8-16(9-11-17)15-6-4-3-5-7-15;1-3-4-2/h3-11,14H,12-13H2,1-2H3;3-4H2,1-2H3. The van der Waals surface area contributed by atoms with Crippen LogP contribution in [0.1, 0.15) is 40.5 Å². The van der Waals surface area contributed by atoms with Crippen molar-refractivity contribution in [3.05, 3.63) is 54.6 Å². The Balaban J connectivity index is 0.000000593. The van der Waals surface area contributed by atoms with Crippen molar-refractivity contribution in [3.63, 3.8) is 0 Å². The minimum atomic E-state index is 0.254. The molecule has 0 saturated carbocycles. The zero-order valence-corrected chi connectivity index (χ0v) is 14.9. The van der Waals surface area contributed by atoms with Crippen molar-refractivity contribution in [1.29, 1.82) is 0 Å². The van der Waals surface area contributed by atoms with Crippen LogP contribution in [0.15, 0.2) is 54.6 Å². The average molecular weight is 314 g/mol. The number of rotatable bonds is 7. The summed E-state index contributed by atoms with van der Waals surface area (Å²) in [6.45, 7) is 9.62. The highest BCUT2D eigenvalue weighted by Gasteiger charge is 1.98. The van der Waals surface area contributed by atoms with Gasteiger partial charge >= 0.3 is 0 Å². The van der Waals surface area contributed by atoms with Gasteiger partial charge in [-0.3, -0.25) is 0 Å². The summed E-state index contributed by atoms with van der Waals surface area (Å²) in [6.07, 6.45) is 2.89. The molecule has 0 spiro atoms. The monoisotopic (exact) mass is 314 g/mol. The minimum Gasteiger partial charge on any atom is -0.491 e. The third kappa shape index (κ3) is 8.41. The van der Waals surface area contributed by atoms with E-state index in [4.69, 9.17) is 9.47 Å². The third-order valence-corrected chi connectivity index (χ3v) is 3.26. The molecule has 0 radical (unpaired) electrons. The van der Waals surface area contributed by atoms with Crippen LogP contribution >= 0.6 is 0 Å². The molecule has 0 heterocycles. The molecule has 0 amide bonds. The zero-order chi connectivity index (χ0) is 16.9. The quantitative estimate of drug-likeness (QED) is 0.587. The summed E-state index contributed by atoms with van der Waals surface area (Å²) in [5.74, 6) is 0.882. The van der Waals surface area contributed by atoms with Gasteiger partial charge in [-0.15, -0.1) is 0 Å². The fourth-order valence-corrected chi connectivity index (χ4v) is 1.82. The van der Waals surface area contributed by atoms with Crippen molar-refractivity contribution in [2.75, 3.05) is 13.2 Å². The molecule has 23 heavy (non-hydrogen) atoms. The number of benzene rings is 2. The van der Waals surface area contributed by atoms with Crippen LogP contribution in [-0.4, -0.2) is 19.3 Å². The molecule has 2 rings (SSSR count). The smallest absolute Gasteiger partial charge is 0.119 e. The van der Waals surface area contributed by atoms with Crippen LogP contribution < -0.4 is 4.74 Å². The molecule has 2 aromatic carbocycles. The van der Waals surface area contributed by atoms with Crippen molar-refractivity contribution >= 4 is 0 Å². The highest BCUT2D eigenvalue weighted by atomic mass is 16.5. The van der Waals surface area contributed by atoms with Gasteiger partial charge in [-0.05, 0) is 37.1 Å². The van der Waals surface area contributed by atoms with Gasteiger partial charge in [0.1, 0.15) is 12.4 Å². The van der Waals surface area contributed by atoms with E-state index in [2.05, 4.69) is 38.1 Å². The van der Waals surface area contributed by atoms with Gasteiger partial charge in [-0.25, -0.2) is 0 Å². The maximum absolute atomic E-state index is 5.62. The molecule has 0 aliphatic heterocycles. The Labute approximate surface area is 141 Å². The van der Waals surface area contributed by atoms with E-state index >= 15 is 0 Å². The van der Waals surface area contributed by atoms with Crippen molar-refractivity contribution in [2.45, 2.75) is 46.6 Å². The highest BCUT2D eigenvalue weighted by molar-refractivity contribution is 5.63. The molecule has 0 unspecified atom stereocenters. The molecule has 0 aromatic heterocycles. The van der Waals surface area contributed by atoms with Gasteiger partial charge < -0.3 is 9.47 Å². The first-order valence-corrected chi connectivity index (χ1v) is 8.57. The summed E-state index contributed by atoms with van der Waals surface area (Å²) in [4.78, 5) is 0. The van der Waals surface area contributed by atoms with Gasteiger partial charge in [0.15, 0.2) is 0 Å². The normalized spacial score (nSPS) is 10.1. The SMILES string of the molecule is CC(C)OCCOc1ccc(-c2ccccc2)cc1.CCCC. The van der Waals surface area contributed by atoms with E-state index in [-0.39, 0.29) is 6.10 Å². The highest BCUT2D eigenvalue weighted by Crippen LogP contribution is 2.21. The van der Waals surface area contributed by atoms with Gasteiger partial charge in [0, 0.05) is 0 Å². The molecular formula is C21H30O2. The van der Waals surface area contributed by atoms with Crippen LogP contribution in [-0.2, 0) is 4.74 Å². The molecule has 0 aliphatic rings. The summed E-state index contributed by atoms with van der Waals surface area (Å²) < 4.78 is 11.1. The van der Waals surface area contributed by atoms with E-state index < -0.39 is 0 Å². The van der Waals surface area contributed by atoms with E-state index in [0.717, 1.165) is 5.75 Å². The lowest BCUT2D eigenvalue weighted by Gasteiger charge is -2.09. The molecule has 2 heteroatoms. The molecule has 0 atom stereocenters. The molecule has 126 valence electrons. The molecular weight excluding hydrogens is 284 g/mol. The fraction of sp³-hybridized carbons (Fsp3) is 0.429. The van der Waals surface area contributed by atoms with Gasteiger partial charge in [0.05, 0.1) is 12.7 Å². The summed E-state index contributed by atoms with van der Waals surface area (Å²) in [7, 11) is 0. The van der Waals surface area contributed by atoms with E-state index in [1.807, 2.05) is 44.2 Å². The second kappa shape index (κ2) is 11.7. The van der Waals surface area contributed by atoms with Crippen molar-refractivity contribution in [3.8, 4) is 16.9 Å². The van der Waals surface area contributed by atoms with Crippen LogP contribution in [0.2, 0.25) is 0 Å². The van der Waals surface area contributed by atoms with Crippen LogP contribution in [0.5, 0.6) is 5.75 Å². The third-order valence-electron chi connectivity index (χ3n) is 3.26. The van der Waals surface area contributed by atoms with Gasteiger partial charge in [-0.2, -0.15) is 0 Å². The lowest BCUT2D eigenvalue weighted by atomic mass is 10.1. The topological polar surface area (TPSA) is 18.5 Å². The summed E-state index contributed by atoms with van der Waals surface area (Å²) >= 11 is 0. The summed E-state index contributed by atoms with van der Waals surface area (Å²) in [6, 6.07) is 18.5. The molecule has 0 fully saturated rings. The van der Waals surface area contributed by atoms with Crippen molar-refractivity contribution < 1.29 is 9.47 Å². The largest absolute Gasteiger partial charge is 0.491 e. The molecule has 0 bridgehead atoms. The number of hydrogen-bond donors (Lipinski definition) is 0. The second-order valence-corrected chi connectivity index (χ2v) is 5.66. The van der Waals surface area contributed by atoms with E-state index in [1.54, 1.807) is 0 Å². The van der Waals surface area contributed by atoms with E-state index in [9.17, 15) is 0 Å². The van der Waals surface area contributed by atoms with E-state index in [0.29, 0.717) is 13.2 Å². The number of ether oxygens (including phenoxy) is 2. The summed E-state index contributed by atoms with van der Waals surface area (Å²) in [5, 5.41) is 0. The Morgan fingerprint density at radius 3 is 1.83 bits per heavy atom. The lowest BCUT2D eigenvalue weighted by Crippen LogP contribution is -2.11. The van der Waals surface area contributed by atoms with Gasteiger partial charge in [0.2, 0.25) is 0 Å². The van der Waals surface area contributed by atoms with Crippen LogP contribution in [0, 0.1) is 0 Å². The first-order valence-electron chi connectivity index (χ1n) is 8.57. The predicted octanol–water partition coefficient (Wildman–Crippen LogP) is 5.96. The zero-order valence-electron chi connectivity index (χ0n) is 14.9. The lowest BCUT2D eigenvalue weighted by molar-refractivity contribution is 0.0553. The maximum Gasteiger partial charge on any atom is 0.119 e. The Morgan fingerprint density at radius 1 is 0.739 bits per heavy atom. The molecule has 0 saturated heterocycles. The Morgan fingerprint density at radius 2 is 1.30 bits per heavy atom. The number of hydrogen-bond acceptors (Lipinski definition) is 2. The van der Waals surface area contributed by atoms with E-state index in [1.165, 1.54) is 24.0 Å². The first kappa shape index (κ1) is 19.2. The predicted molar refractivity (Wildman–Crippen MR) is 99.0 cm³/mol. The van der Waals surface area contributed by atoms with Crippen LogP contribution in [0.25, 0.3) is 11.1 Å². The van der Waals surface area contributed by atoms with Crippen molar-refractivity contribution in [1.82, 2.24) is 0 Å². The maximum atomic E-state index is 5.62. The Bertz CT molecular complexity index is 501. The van der Waals surface area contributed by atoms with Crippen LogP contribution in [0.4, 0.5) is 0 Å². The molecule has 2 aromatic rings. The second-order valence-electron chi connectivity index (χ2n) is 5.66. The summed E-state index contributed by atoms with van der Waals surface area (Å²) in [5.41, 5.74) is 2.42. The van der Waals surface area contributed by atoms with Crippen LogP contribution in [0.3, 0.4) is 0 Å². The van der Waals surface area contributed by atoms with Gasteiger partial charge in [-0.1, -0.05) is 69.2 Å². The average Bonchev–Trinajstić information content (AvgIpc) is 2.60. The molecule has 0 aliphatic carbocycles. The first-order chi connectivity index (χ1) is 11.2. The number of unbranched alkanes of at least 4 members (excludes halogenated alkanes) is 1. The minimum absolute atomic E-state index is 0.254. The molecule has 2 nitrogen and oxygen atoms in total. The Hall–Kier alpha value is -1.80. The van der Waals surface area contributed by atoms with Gasteiger partial charge in [0.25, 0.3) is 0 Å². The van der Waals surface area contributed by atoms with Crippen molar-refractivity contribution in [2.24, 2.45) is 0 Å².